The van der Waals surface area contributed by atoms with Gasteiger partial charge in [-0.05, 0) is 0 Å². The molecule has 1 rings (SSSR count). The van der Waals surface area contributed by atoms with Crippen LogP contribution >= 0.6 is 0 Å². The summed E-state index contributed by atoms with van der Waals surface area (Å²) in [7, 11) is 0. The fourth-order valence-corrected chi connectivity index (χ4v) is 0.556. The Kier molecular flexibility index (Phi) is 1.38. The highest BCUT2D eigenvalue weighted by Gasteiger charge is 2.29. The average molecular weight is 143 g/mol. The van der Waals surface area contributed by atoms with Crippen LogP contribution in [0.2, 0.25) is 0 Å². The number of hydrogen-bond donors (Lipinski definition) is 2. The van der Waals surface area contributed by atoms with Gasteiger partial charge in [-0.25, -0.2) is 4.79 Å². The molecule has 1 aliphatic rings. The van der Waals surface area contributed by atoms with Crippen molar-refractivity contribution in [2.45, 2.75) is 6.17 Å². The minimum atomic E-state index is -1.32. The first-order valence-corrected chi connectivity index (χ1v) is 2.48. The Hall–Kier alpha value is -1.43. The maximum Gasteiger partial charge on any atom is 0.429 e. The second-order valence-corrected chi connectivity index (χ2v) is 1.72. The van der Waals surface area contributed by atoms with Crippen molar-refractivity contribution < 1.29 is 14.7 Å². The van der Waals surface area contributed by atoms with E-state index in [1.165, 1.54) is 0 Å². The molecule has 0 aromatic rings. The molecule has 0 aromatic heterocycles. The molecule has 0 aromatic carbocycles. The summed E-state index contributed by atoms with van der Waals surface area (Å²) in [6.45, 7) is 0. The molecule has 3 N–H and O–H groups in total. The van der Waals surface area contributed by atoms with E-state index in [0.717, 1.165) is 6.21 Å². The van der Waals surface area contributed by atoms with Crippen LogP contribution < -0.4 is 5.73 Å². The number of hydrazone groups is 1. The van der Waals surface area contributed by atoms with E-state index in [0.29, 0.717) is 5.01 Å². The van der Waals surface area contributed by atoms with Gasteiger partial charge in [-0.1, -0.05) is 0 Å². The number of nitrogens with two attached hydrogens (primary N) is 1. The highest BCUT2D eigenvalue weighted by atomic mass is 16.4. The number of carboxylic acid groups (broad SMARTS) is 1. The van der Waals surface area contributed by atoms with Crippen molar-refractivity contribution in [2.24, 2.45) is 10.8 Å². The van der Waals surface area contributed by atoms with Gasteiger partial charge in [-0.3, -0.25) is 4.79 Å². The molecular formula is C4H5N3O3. The normalized spacial score (nSPS) is 23.9. The van der Waals surface area contributed by atoms with Crippen molar-refractivity contribution in [3.05, 3.63) is 0 Å². The molecule has 0 saturated heterocycles. The fourth-order valence-electron chi connectivity index (χ4n) is 0.556. The fraction of sp³-hybridized carbons (Fsp3) is 0.250. The van der Waals surface area contributed by atoms with Gasteiger partial charge in [0.1, 0.15) is 0 Å². The zero-order chi connectivity index (χ0) is 7.72. The van der Waals surface area contributed by atoms with E-state index in [1.54, 1.807) is 0 Å². The summed E-state index contributed by atoms with van der Waals surface area (Å²) < 4.78 is 0. The first-order chi connectivity index (χ1) is 4.63. The van der Waals surface area contributed by atoms with Crippen LogP contribution in [0.5, 0.6) is 0 Å². The van der Waals surface area contributed by atoms with Crippen LogP contribution in [0.3, 0.4) is 0 Å². The third kappa shape index (κ3) is 0.841. The molecule has 10 heavy (non-hydrogen) atoms. The van der Waals surface area contributed by atoms with Gasteiger partial charge < -0.3 is 10.8 Å². The third-order valence-electron chi connectivity index (χ3n) is 1.06. The van der Waals surface area contributed by atoms with Gasteiger partial charge in [0.05, 0.1) is 6.21 Å². The molecule has 1 heterocycles. The lowest BCUT2D eigenvalue weighted by Crippen LogP contribution is -2.43. The first kappa shape index (κ1) is 6.69. The Balaban J connectivity index is 2.76. The zero-order valence-electron chi connectivity index (χ0n) is 4.89. The molecule has 1 atom stereocenters. The van der Waals surface area contributed by atoms with Crippen molar-refractivity contribution in [2.75, 3.05) is 0 Å². The summed E-state index contributed by atoms with van der Waals surface area (Å²) in [6, 6.07) is 0. The topological polar surface area (TPSA) is 96.0 Å². The quantitative estimate of drug-likeness (QED) is 0.446. The van der Waals surface area contributed by atoms with Crippen LogP contribution in [-0.2, 0) is 4.79 Å². The molecule has 1 aliphatic heterocycles. The lowest BCUT2D eigenvalue weighted by molar-refractivity contribution is -0.115. The van der Waals surface area contributed by atoms with E-state index in [4.69, 9.17) is 10.8 Å². The standard InChI is InChI=1S/C4H5N3O3/c5-3-2(8)1-6-7(3)4(9)10/h1,3H,5H2,(H,9,10). The Morgan fingerprint density at radius 3 is 2.70 bits per heavy atom. The number of rotatable bonds is 0. The van der Waals surface area contributed by atoms with E-state index < -0.39 is 18.0 Å². The summed E-state index contributed by atoms with van der Waals surface area (Å²) in [5, 5.41) is 12.0. The summed E-state index contributed by atoms with van der Waals surface area (Å²) in [5.74, 6) is -0.498. The van der Waals surface area contributed by atoms with Crippen LogP contribution in [0.15, 0.2) is 5.10 Å². The van der Waals surface area contributed by atoms with E-state index in [9.17, 15) is 9.59 Å². The summed E-state index contributed by atoms with van der Waals surface area (Å²) in [6.07, 6.45) is -1.59. The molecule has 0 bridgehead atoms. The predicted octanol–water partition coefficient (Wildman–Crippen LogP) is -1.18. The number of carbonyl (C=O) groups excluding carboxylic acids is 1. The number of carbonyl (C=O) groups is 2. The number of nitrogens with zero attached hydrogens (tertiary/aromatic N) is 2. The minimum absolute atomic E-state index is 0.498. The Labute approximate surface area is 55.9 Å². The summed E-state index contributed by atoms with van der Waals surface area (Å²) >= 11 is 0. The highest BCUT2D eigenvalue weighted by molar-refractivity contribution is 6.31. The van der Waals surface area contributed by atoms with Crippen molar-refractivity contribution in [1.82, 2.24) is 5.01 Å². The minimum Gasteiger partial charge on any atom is -0.464 e. The number of hydrogen-bond acceptors (Lipinski definition) is 4. The number of amides is 1. The van der Waals surface area contributed by atoms with Gasteiger partial charge in [-0.2, -0.15) is 10.1 Å². The lowest BCUT2D eigenvalue weighted by Gasteiger charge is -2.10. The maximum absolute atomic E-state index is 10.5. The predicted molar refractivity (Wildman–Crippen MR) is 31.3 cm³/mol. The summed E-state index contributed by atoms with van der Waals surface area (Å²) in [5.41, 5.74) is 5.09. The van der Waals surface area contributed by atoms with Crippen LogP contribution in [-0.4, -0.2) is 34.4 Å². The second-order valence-electron chi connectivity index (χ2n) is 1.72. The Morgan fingerprint density at radius 1 is 1.90 bits per heavy atom. The smallest absolute Gasteiger partial charge is 0.429 e. The molecule has 0 fully saturated rings. The van der Waals surface area contributed by atoms with E-state index in [1.807, 2.05) is 0 Å². The molecule has 0 spiro atoms. The monoisotopic (exact) mass is 143 g/mol. The van der Waals surface area contributed by atoms with Gasteiger partial charge in [0.2, 0.25) is 5.78 Å². The molecule has 0 saturated carbocycles. The molecule has 6 nitrogen and oxygen atoms in total. The van der Waals surface area contributed by atoms with Gasteiger partial charge in [0.25, 0.3) is 0 Å². The van der Waals surface area contributed by atoms with Gasteiger partial charge in [-0.15, -0.1) is 0 Å². The zero-order valence-corrected chi connectivity index (χ0v) is 4.89. The van der Waals surface area contributed by atoms with Gasteiger partial charge in [0, 0.05) is 0 Å². The van der Waals surface area contributed by atoms with Crippen LogP contribution in [0.1, 0.15) is 0 Å². The molecular weight excluding hydrogens is 138 g/mol. The molecule has 54 valence electrons. The first-order valence-electron chi connectivity index (χ1n) is 2.48. The van der Waals surface area contributed by atoms with E-state index >= 15 is 0 Å². The Morgan fingerprint density at radius 2 is 2.50 bits per heavy atom. The van der Waals surface area contributed by atoms with Crippen molar-refractivity contribution in [3.63, 3.8) is 0 Å². The average Bonchev–Trinajstić information content (AvgIpc) is 2.14. The largest absolute Gasteiger partial charge is 0.464 e. The third-order valence-corrected chi connectivity index (χ3v) is 1.06. The number of ketones is 1. The van der Waals surface area contributed by atoms with Crippen LogP contribution in [0, 0.1) is 0 Å². The molecule has 6 heteroatoms. The molecule has 0 radical (unpaired) electrons. The maximum atomic E-state index is 10.5. The van der Waals surface area contributed by atoms with Crippen LogP contribution in [0.25, 0.3) is 0 Å². The van der Waals surface area contributed by atoms with E-state index in [2.05, 4.69) is 5.10 Å². The molecule has 1 amide bonds. The van der Waals surface area contributed by atoms with Crippen molar-refractivity contribution in [1.29, 1.82) is 0 Å². The lowest BCUT2D eigenvalue weighted by atomic mass is 10.4. The SMILES string of the molecule is NC1C(=O)C=NN1C(=O)O. The second kappa shape index (κ2) is 2.07. The van der Waals surface area contributed by atoms with Crippen molar-refractivity contribution in [3.8, 4) is 0 Å². The highest BCUT2D eigenvalue weighted by Crippen LogP contribution is 2.01. The molecule has 1 unspecified atom stereocenters. The van der Waals surface area contributed by atoms with Crippen molar-refractivity contribution >= 4 is 18.1 Å². The van der Waals surface area contributed by atoms with Gasteiger partial charge in [0.15, 0.2) is 6.17 Å². The van der Waals surface area contributed by atoms with E-state index in [-0.39, 0.29) is 0 Å². The summed E-state index contributed by atoms with van der Waals surface area (Å²) in [4.78, 5) is 20.6. The number of Topliss-reactive ketones (excluding diaryl/α,β-unsaturated/α-hetero) is 1. The van der Waals surface area contributed by atoms with Gasteiger partial charge >= 0.3 is 6.09 Å². The Bertz CT molecular complexity index is 212. The van der Waals surface area contributed by atoms with Crippen LogP contribution in [0.4, 0.5) is 4.79 Å². The molecule has 0 aliphatic carbocycles.